The number of hydrogen-bond acceptors (Lipinski definition) is 5. The first-order valence-electron chi connectivity index (χ1n) is 7.19. The molecule has 0 fully saturated rings. The molecule has 0 atom stereocenters. The van der Waals surface area contributed by atoms with Gasteiger partial charge in [-0.3, -0.25) is 4.79 Å². The highest BCUT2D eigenvalue weighted by molar-refractivity contribution is 5.94. The molecular weight excluding hydrogens is 296 g/mol. The molecule has 0 spiro atoms. The Labute approximate surface area is 131 Å². The summed E-state index contributed by atoms with van der Waals surface area (Å²) in [5.74, 6) is 0.568. The lowest BCUT2D eigenvalue weighted by molar-refractivity contribution is 0.161. The SMILES string of the molecule is CC1(C)C=Cc2c(O)cc3oc4cc(=O)c(O)cc-4cc3c2O1. The molecule has 5 nitrogen and oxygen atoms in total. The summed E-state index contributed by atoms with van der Waals surface area (Å²) < 4.78 is 11.7. The van der Waals surface area contributed by atoms with Crippen molar-refractivity contribution in [1.82, 2.24) is 0 Å². The number of fused-ring (bicyclic) bond motifs is 4. The van der Waals surface area contributed by atoms with E-state index in [4.69, 9.17) is 9.15 Å². The van der Waals surface area contributed by atoms with Crippen molar-refractivity contribution in [1.29, 1.82) is 0 Å². The smallest absolute Gasteiger partial charge is 0.223 e. The molecule has 0 aromatic heterocycles. The van der Waals surface area contributed by atoms with Gasteiger partial charge in [-0.15, -0.1) is 0 Å². The molecule has 3 aliphatic rings. The van der Waals surface area contributed by atoms with Crippen LogP contribution >= 0.6 is 0 Å². The summed E-state index contributed by atoms with van der Waals surface area (Å²) in [7, 11) is 0. The molecule has 0 unspecified atom stereocenters. The molecule has 2 aliphatic heterocycles. The Kier molecular flexibility index (Phi) is 2.55. The van der Waals surface area contributed by atoms with E-state index in [1.54, 1.807) is 6.07 Å². The van der Waals surface area contributed by atoms with Gasteiger partial charge in [-0.1, -0.05) is 0 Å². The molecule has 2 N–H and O–H groups in total. The predicted octanol–water partition coefficient (Wildman–Crippen LogP) is 3.49. The van der Waals surface area contributed by atoms with Gasteiger partial charge in [0.15, 0.2) is 5.75 Å². The van der Waals surface area contributed by atoms with Crippen LogP contribution in [-0.2, 0) is 0 Å². The van der Waals surface area contributed by atoms with Crippen LogP contribution in [0.4, 0.5) is 0 Å². The third kappa shape index (κ3) is 2.04. The summed E-state index contributed by atoms with van der Waals surface area (Å²) in [5, 5.41) is 20.5. The zero-order valence-electron chi connectivity index (χ0n) is 12.6. The van der Waals surface area contributed by atoms with E-state index in [-0.39, 0.29) is 11.5 Å². The van der Waals surface area contributed by atoms with Crippen LogP contribution in [0, 0.1) is 0 Å². The van der Waals surface area contributed by atoms with E-state index >= 15 is 0 Å². The fourth-order valence-corrected chi connectivity index (χ4v) is 2.77. The second kappa shape index (κ2) is 4.29. The van der Waals surface area contributed by atoms with Gasteiger partial charge >= 0.3 is 0 Å². The lowest BCUT2D eigenvalue weighted by atomic mass is 9.98. The van der Waals surface area contributed by atoms with Crippen molar-refractivity contribution in [3.8, 4) is 28.6 Å². The first-order chi connectivity index (χ1) is 10.8. The number of phenolic OH excluding ortho intramolecular Hbond substituents is 2. The molecule has 0 saturated heterocycles. The summed E-state index contributed by atoms with van der Waals surface area (Å²) in [6.07, 6.45) is 3.69. The maximum absolute atomic E-state index is 11.6. The van der Waals surface area contributed by atoms with Gasteiger partial charge in [0.25, 0.3) is 0 Å². The number of benzene rings is 2. The van der Waals surface area contributed by atoms with Gasteiger partial charge in [0, 0.05) is 17.7 Å². The minimum Gasteiger partial charge on any atom is -0.507 e. The Balaban J connectivity index is 2.12. The van der Waals surface area contributed by atoms with E-state index in [9.17, 15) is 15.0 Å². The van der Waals surface area contributed by atoms with Crippen LogP contribution in [-0.4, -0.2) is 15.8 Å². The molecule has 0 radical (unpaired) electrons. The lowest BCUT2D eigenvalue weighted by Gasteiger charge is -2.29. The average Bonchev–Trinajstić information content (AvgIpc) is 2.46. The third-order valence-corrected chi connectivity index (χ3v) is 3.93. The highest BCUT2D eigenvalue weighted by Crippen LogP contribution is 2.44. The van der Waals surface area contributed by atoms with Crippen molar-refractivity contribution < 1.29 is 19.4 Å². The minimum atomic E-state index is -0.511. The Bertz CT molecular complexity index is 1010. The van der Waals surface area contributed by atoms with Crippen molar-refractivity contribution in [3.05, 3.63) is 46.1 Å². The zero-order chi connectivity index (χ0) is 16.4. The monoisotopic (exact) mass is 310 g/mol. The van der Waals surface area contributed by atoms with Gasteiger partial charge < -0.3 is 19.4 Å². The van der Waals surface area contributed by atoms with Crippen LogP contribution < -0.4 is 10.2 Å². The first kappa shape index (κ1) is 13.7. The van der Waals surface area contributed by atoms with E-state index in [1.807, 2.05) is 26.0 Å². The van der Waals surface area contributed by atoms with Gasteiger partial charge in [0.1, 0.15) is 28.4 Å². The van der Waals surface area contributed by atoms with Gasteiger partial charge in [-0.25, -0.2) is 0 Å². The number of phenols is 2. The van der Waals surface area contributed by atoms with Crippen molar-refractivity contribution in [2.24, 2.45) is 0 Å². The largest absolute Gasteiger partial charge is 0.507 e. The predicted molar refractivity (Wildman–Crippen MR) is 86.2 cm³/mol. The topological polar surface area (TPSA) is 79.9 Å². The summed E-state index contributed by atoms with van der Waals surface area (Å²) in [6, 6.07) is 5.87. The molecule has 4 rings (SSSR count). The molecule has 0 amide bonds. The van der Waals surface area contributed by atoms with Crippen LogP contribution in [0.1, 0.15) is 19.4 Å². The summed E-state index contributed by atoms with van der Waals surface area (Å²) in [6.45, 7) is 3.83. The van der Waals surface area contributed by atoms with Crippen molar-refractivity contribution in [2.75, 3.05) is 0 Å². The van der Waals surface area contributed by atoms with Crippen molar-refractivity contribution >= 4 is 17.0 Å². The molecule has 2 heterocycles. The van der Waals surface area contributed by atoms with E-state index in [2.05, 4.69) is 0 Å². The van der Waals surface area contributed by atoms with E-state index in [0.29, 0.717) is 33.6 Å². The van der Waals surface area contributed by atoms with Gasteiger partial charge in [0.2, 0.25) is 5.43 Å². The van der Waals surface area contributed by atoms with Crippen LogP contribution in [0.15, 0.2) is 39.6 Å². The molecule has 1 aromatic carbocycles. The van der Waals surface area contributed by atoms with Gasteiger partial charge in [-0.2, -0.15) is 0 Å². The Morgan fingerprint density at radius 1 is 1.04 bits per heavy atom. The standard InChI is InChI=1S/C18H14O5/c1-18(2)4-3-10-12(19)7-16-11(17(10)23-18)5-9-6-13(20)14(21)8-15(9)22-16/h3-8,19-20H,1-2H3. The highest BCUT2D eigenvalue weighted by Gasteiger charge is 2.27. The Hall–Kier alpha value is -2.95. The van der Waals surface area contributed by atoms with Crippen LogP contribution in [0.2, 0.25) is 0 Å². The third-order valence-electron chi connectivity index (χ3n) is 3.93. The summed E-state index contributed by atoms with van der Waals surface area (Å²) in [5.41, 5.74) is 0.548. The number of ether oxygens (including phenoxy) is 1. The maximum atomic E-state index is 11.6. The molecule has 23 heavy (non-hydrogen) atoms. The van der Waals surface area contributed by atoms with Crippen molar-refractivity contribution in [3.63, 3.8) is 0 Å². The maximum Gasteiger partial charge on any atom is 0.223 e. The fourth-order valence-electron chi connectivity index (χ4n) is 2.77. The molecule has 116 valence electrons. The Morgan fingerprint density at radius 3 is 2.61 bits per heavy atom. The van der Waals surface area contributed by atoms with E-state index < -0.39 is 11.0 Å². The van der Waals surface area contributed by atoms with Crippen LogP contribution in [0.3, 0.4) is 0 Å². The summed E-state index contributed by atoms with van der Waals surface area (Å²) >= 11 is 0. The van der Waals surface area contributed by atoms with E-state index in [0.717, 1.165) is 0 Å². The first-order valence-corrected chi connectivity index (χ1v) is 7.19. The minimum absolute atomic E-state index is 0.0449. The number of hydrogen-bond donors (Lipinski definition) is 2. The summed E-state index contributed by atoms with van der Waals surface area (Å²) in [4.78, 5) is 11.6. The second-order valence-corrected chi connectivity index (χ2v) is 6.19. The molecular formula is C18H14O5. The van der Waals surface area contributed by atoms with Crippen LogP contribution in [0.25, 0.3) is 28.4 Å². The van der Waals surface area contributed by atoms with Gasteiger partial charge in [0.05, 0.1) is 10.9 Å². The fraction of sp³-hybridized carbons (Fsp3) is 0.167. The zero-order valence-corrected chi connectivity index (χ0v) is 12.6. The van der Waals surface area contributed by atoms with Crippen LogP contribution in [0.5, 0.6) is 17.2 Å². The lowest BCUT2D eigenvalue weighted by Crippen LogP contribution is -2.27. The number of aromatic hydroxyl groups is 2. The molecule has 0 bridgehead atoms. The molecule has 1 aromatic rings. The van der Waals surface area contributed by atoms with Gasteiger partial charge in [-0.05, 0) is 38.1 Å². The quantitative estimate of drug-likeness (QED) is 0.621. The number of rotatable bonds is 0. The average molecular weight is 310 g/mol. The Morgan fingerprint density at radius 2 is 1.83 bits per heavy atom. The normalized spacial score (nSPS) is 15.6. The second-order valence-electron chi connectivity index (χ2n) is 6.19. The van der Waals surface area contributed by atoms with Crippen molar-refractivity contribution in [2.45, 2.75) is 19.4 Å². The molecule has 5 heteroatoms. The molecule has 1 aliphatic carbocycles. The van der Waals surface area contributed by atoms with E-state index in [1.165, 1.54) is 18.2 Å². The highest BCUT2D eigenvalue weighted by atomic mass is 16.5. The molecule has 0 saturated carbocycles.